The number of nitrogens with zero attached hydrogens (tertiary/aromatic N) is 5. The zero-order valence-corrected chi connectivity index (χ0v) is 15.9. The van der Waals surface area contributed by atoms with Crippen molar-refractivity contribution in [3.05, 3.63) is 52.6 Å². The molecular formula is C18H20ClN5S. The molecule has 0 radical (unpaired) electrons. The molecule has 0 amide bonds. The Kier molecular flexibility index (Phi) is 4.56. The molecule has 1 aliphatic rings. The Morgan fingerprint density at radius 2 is 1.96 bits per heavy atom. The van der Waals surface area contributed by atoms with Crippen molar-refractivity contribution in [1.29, 1.82) is 0 Å². The van der Waals surface area contributed by atoms with E-state index < -0.39 is 0 Å². The third kappa shape index (κ3) is 3.20. The maximum atomic E-state index is 6.61. The lowest BCUT2D eigenvalue weighted by molar-refractivity contribution is 0.643. The molecule has 25 heavy (non-hydrogen) atoms. The zero-order valence-electron chi connectivity index (χ0n) is 14.3. The van der Waals surface area contributed by atoms with Crippen molar-refractivity contribution >= 4 is 23.4 Å². The first-order valence-electron chi connectivity index (χ1n) is 8.54. The van der Waals surface area contributed by atoms with Crippen molar-refractivity contribution in [2.24, 2.45) is 0 Å². The van der Waals surface area contributed by atoms with E-state index in [1.165, 1.54) is 12.8 Å². The van der Waals surface area contributed by atoms with E-state index in [-0.39, 0.29) is 0 Å². The van der Waals surface area contributed by atoms with Crippen LogP contribution in [-0.4, -0.2) is 24.5 Å². The summed E-state index contributed by atoms with van der Waals surface area (Å²) in [7, 11) is 0. The van der Waals surface area contributed by atoms with Crippen LogP contribution in [0.15, 0.2) is 35.5 Å². The summed E-state index contributed by atoms with van der Waals surface area (Å²) in [6.07, 6.45) is 2.47. The lowest BCUT2D eigenvalue weighted by Crippen LogP contribution is -2.02. The van der Waals surface area contributed by atoms with Crippen molar-refractivity contribution in [2.75, 3.05) is 0 Å². The standard InChI is InChI=1S/C18H20ClN5S/c1-3-23-17(13-9-10-13)20-21-18(23)25-11-15-12(2)22-24(16(15)19)14-7-5-4-6-8-14/h4-8,13H,3,9-11H2,1-2H3. The molecule has 0 saturated heterocycles. The first kappa shape index (κ1) is 16.7. The molecule has 2 aromatic heterocycles. The Labute approximate surface area is 156 Å². The van der Waals surface area contributed by atoms with Crippen LogP contribution in [0, 0.1) is 6.92 Å². The van der Waals surface area contributed by atoms with Gasteiger partial charge in [0.1, 0.15) is 11.0 Å². The third-order valence-electron chi connectivity index (χ3n) is 4.47. The highest BCUT2D eigenvalue weighted by atomic mass is 35.5. The number of benzene rings is 1. The van der Waals surface area contributed by atoms with Crippen molar-refractivity contribution in [2.45, 2.75) is 50.1 Å². The minimum atomic E-state index is 0.605. The Hall–Kier alpha value is -1.79. The van der Waals surface area contributed by atoms with Gasteiger partial charge in [-0.3, -0.25) is 0 Å². The number of rotatable bonds is 6. The van der Waals surface area contributed by atoms with Crippen molar-refractivity contribution in [3.63, 3.8) is 0 Å². The highest BCUT2D eigenvalue weighted by Crippen LogP contribution is 2.40. The van der Waals surface area contributed by atoms with Crippen molar-refractivity contribution in [1.82, 2.24) is 24.5 Å². The van der Waals surface area contributed by atoms with Gasteiger partial charge in [-0.15, -0.1) is 10.2 Å². The molecule has 2 heterocycles. The quantitative estimate of drug-likeness (QED) is 0.592. The van der Waals surface area contributed by atoms with Crippen LogP contribution >= 0.6 is 23.4 Å². The van der Waals surface area contributed by atoms with Gasteiger partial charge in [-0.2, -0.15) is 5.10 Å². The summed E-state index contributed by atoms with van der Waals surface area (Å²) in [6, 6.07) is 9.97. The van der Waals surface area contributed by atoms with Crippen LogP contribution in [0.5, 0.6) is 0 Å². The Balaban J connectivity index is 1.57. The molecule has 0 atom stereocenters. The average molecular weight is 374 g/mol. The summed E-state index contributed by atoms with van der Waals surface area (Å²) in [6.45, 7) is 5.05. The SMILES string of the molecule is CCn1c(SCc2c(C)nn(-c3ccccc3)c2Cl)nnc1C1CC1. The predicted molar refractivity (Wildman–Crippen MR) is 101 cm³/mol. The molecule has 0 N–H and O–H groups in total. The van der Waals surface area contributed by atoms with Crippen LogP contribution in [-0.2, 0) is 12.3 Å². The number of aromatic nitrogens is 5. The van der Waals surface area contributed by atoms with E-state index in [0.717, 1.165) is 40.2 Å². The van der Waals surface area contributed by atoms with Crippen molar-refractivity contribution in [3.8, 4) is 5.69 Å². The number of thioether (sulfide) groups is 1. The maximum absolute atomic E-state index is 6.61. The normalized spacial score (nSPS) is 14.2. The second-order valence-electron chi connectivity index (χ2n) is 6.25. The van der Waals surface area contributed by atoms with Crippen LogP contribution in [0.25, 0.3) is 5.69 Å². The molecule has 0 unspecified atom stereocenters. The molecule has 1 aromatic carbocycles. The van der Waals surface area contributed by atoms with Gasteiger partial charge in [-0.1, -0.05) is 41.6 Å². The summed E-state index contributed by atoms with van der Waals surface area (Å²) in [4.78, 5) is 0. The second kappa shape index (κ2) is 6.84. The Morgan fingerprint density at radius 3 is 2.64 bits per heavy atom. The molecule has 1 aliphatic carbocycles. The van der Waals surface area contributed by atoms with Gasteiger partial charge in [0.25, 0.3) is 0 Å². The molecule has 3 aromatic rings. The van der Waals surface area contributed by atoms with E-state index in [2.05, 4.69) is 26.8 Å². The number of para-hydroxylation sites is 1. The third-order valence-corrected chi connectivity index (χ3v) is 5.85. The largest absolute Gasteiger partial charge is 0.306 e. The van der Waals surface area contributed by atoms with Gasteiger partial charge < -0.3 is 4.57 Å². The molecule has 130 valence electrons. The summed E-state index contributed by atoms with van der Waals surface area (Å²) >= 11 is 8.29. The van der Waals surface area contributed by atoms with Gasteiger partial charge >= 0.3 is 0 Å². The molecule has 0 bridgehead atoms. The van der Waals surface area contributed by atoms with E-state index in [1.54, 1.807) is 16.4 Å². The lowest BCUT2D eigenvalue weighted by Gasteiger charge is -2.06. The predicted octanol–water partition coefficient (Wildman–Crippen LogP) is 4.62. The fraction of sp³-hybridized carbons (Fsp3) is 0.389. The highest BCUT2D eigenvalue weighted by molar-refractivity contribution is 7.98. The van der Waals surface area contributed by atoms with Gasteiger partial charge in [0.15, 0.2) is 5.16 Å². The molecule has 1 fully saturated rings. The van der Waals surface area contributed by atoms with Gasteiger partial charge in [-0.25, -0.2) is 4.68 Å². The van der Waals surface area contributed by atoms with E-state index in [1.807, 2.05) is 37.3 Å². The Bertz CT molecular complexity index is 883. The number of halogens is 1. The number of aryl methyl sites for hydroxylation is 1. The fourth-order valence-corrected chi connectivity index (χ4v) is 4.43. The lowest BCUT2D eigenvalue weighted by atomic mass is 10.3. The first-order valence-corrected chi connectivity index (χ1v) is 9.90. The number of hydrogen-bond donors (Lipinski definition) is 0. The van der Waals surface area contributed by atoms with Crippen LogP contribution in [0.2, 0.25) is 5.15 Å². The highest BCUT2D eigenvalue weighted by Gasteiger charge is 2.30. The fourth-order valence-electron chi connectivity index (χ4n) is 2.92. The topological polar surface area (TPSA) is 48.5 Å². The molecule has 0 spiro atoms. The smallest absolute Gasteiger partial charge is 0.191 e. The summed E-state index contributed by atoms with van der Waals surface area (Å²) < 4.78 is 4.03. The van der Waals surface area contributed by atoms with Gasteiger partial charge in [-0.05, 0) is 38.8 Å². The molecule has 4 rings (SSSR count). The minimum absolute atomic E-state index is 0.605. The van der Waals surface area contributed by atoms with E-state index in [4.69, 9.17) is 11.6 Å². The van der Waals surface area contributed by atoms with Crippen molar-refractivity contribution < 1.29 is 0 Å². The van der Waals surface area contributed by atoms with Crippen LogP contribution < -0.4 is 0 Å². The van der Waals surface area contributed by atoms with E-state index in [0.29, 0.717) is 11.1 Å². The molecule has 0 aliphatic heterocycles. The molecule has 7 heteroatoms. The average Bonchev–Trinajstić information content (AvgIpc) is 3.33. The van der Waals surface area contributed by atoms with Gasteiger partial charge in [0.2, 0.25) is 0 Å². The maximum Gasteiger partial charge on any atom is 0.191 e. The van der Waals surface area contributed by atoms with Crippen LogP contribution in [0.4, 0.5) is 0 Å². The van der Waals surface area contributed by atoms with Crippen LogP contribution in [0.3, 0.4) is 0 Å². The Morgan fingerprint density at radius 1 is 1.20 bits per heavy atom. The molecular weight excluding hydrogens is 354 g/mol. The monoisotopic (exact) mass is 373 g/mol. The second-order valence-corrected chi connectivity index (χ2v) is 7.55. The minimum Gasteiger partial charge on any atom is -0.306 e. The summed E-state index contributed by atoms with van der Waals surface area (Å²) in [5.41, 5.74) is 2.97. The van der Waals surface area contributed by atoms with Gasteiger partial charge in [0.05, 0.1) is 11.4 Å². The zero-order chi connectivity index (χ0) is 17.4. The number of hydrogen-bond acceptors (Lipinski definition) is 4. The summed E-state index contributed by atoms with van der Waals surface area (Å²) in [5, 5.41) is 15.0. The van der Waals surface area contributed by atoms with E-state index >= 15 is 0 Å². The van der Waals surface area contributed by atoms with Gasteiger partial charge in [0, 0.05) is 23.8 Å². The first-order chi connectivity index (χ1) is 12.2. The molecule has 5 nitrogen and oxygen atoms in total. The summed E-state index contributed by atoms with van der Waals surface area (Å²) in [5.74, 6) is 2.47. The van der Waals surface area contributed by atoms with E-state index in [9.17, 15) is 0 Å². The molecule has 1 saturated carbocycles. The van der Waals surface area contributed by atoms with Crippen LogP contribution in [0.1, 0.15) is 42.8 Å².